The number of carbonyl (C=O) groups is 1. The van der Waals surface area contributed by atoms with Gasteiger partial charge in [-0.15, -0.1) is 23.7 Å². The zero-order chi connectivity index (χ0) is 17.0. The summed E-state index contributed by atoms with van der Waals surface area (Å²) in [7, 11) is 0. The third-order valence-electron chi connectivity index (χ3n) is 5.06. The molecule has 3 rings (SSSR count). The summed E-state index contributed by atoms with van der Waals surface area (Å²) in [6, 6.07) is 14.4. The lowest BCUT2D eigenvalue weighted by molar-refractivity contribution is -0.132. The molecule has 1 fully saturated rings. The van der Waals surface area contributed by atoms with Crippen LogP contribution in [0.1, 0.15) is 29.7 Å². The Morgan fingerprint density at radius 3 is 2.40 bits per heavy atom. The Hall–Kier alpha value is -1.07. The maximum absolute atomic E-state index is 12.5. The van der Waals surface area contributed by atoms with E-state index in [9.17, 15) is 4.79 Å². The van der Waals surface area contributed by atoms with E-state index in [1.54, 1.807) is 11.3 Å². The van der Waals surface area contributed by atoms with Crippen molar-refractivity contribution in [2.75, 3.05) is 19.6 Å². The van der Waals surface area contributed by atoms with Gasteiger partial charge in [-0.25, -0.2) is 0 Å². The summed E-state index contributed by atoms with van der Waals surface area (Å²) in [6.45, 7) is 2.21. The summed E-state index contributed by atoms with van der Waals surface area (Å²) in [4.78, 5) is 15.6. The molecule has 0 spiro atoms. The number of benzene rings is 1. The van der Waals surface area contributed by atoms with Gasteiger partial charge in [-0.1, -0.05) is 41.9 Å². The summed E-state index contributed by atoms with van der Waals surface area (Å²) >= 11 is 7.50. The van der Waals surface area contributed by atoms with E-state index in [2.05, 4.69) is 24.3 Å². The molecule has 1 amide bonds. The molecule has 0 unspecified atom stereocenters. The number of nitrogens with zero attached hydrogens (tertiary/aromatic N) is 1. The fourth-order valence-corrected chi connectivity index (χ4v) is 4.55. The van der Waals surface area contributed by atoms with E-state index in [4.69, 9.17) is 17.3 Å². The first kappa shape index (κ1) is 20.2. The van der Waals surface area contributed by atoms with Crippen LogP contribution in [0.2, 0.25) is 4.34 Å². The molecule has 0 radical (unpaired) electrons. The van der Waals surface area contributed by atoms with Gasteiger partial charge in [0.2, 0.25) is 5.91 Å². The molecular formula is C19H24Cl2N2OS. The standard InChI is InChI=1S/C19H23ClN2OS.ClH/c20-17-8-6-16(24-17)7-9-18(23)22-12-10-19(14-21,11-13-22)15-4-2-1-3-5-15;/h1-6,8H,7,9-14,21H2;1H. The maximum atomic E-state index is 12.5. The highest BCUT2D eigenvalue weighted by Gasteiger charge is 2.36. The van der Waals surface area contributed by atoms with Crippen LogP contribution < -0.4 is 5.73 Å². The Morgan fingerprint density at radius 1 is 1.16 bits per heavy atom. The topological polar surface area (TPSA) is 46.3 Å². The molecule has 0 bridgehead atoms. The molecular weight excluding hydrogens is 375 g/mol. The van der Waals surface area contributed by atoms with Gasteiger partial charge in [0, 0.05) is 36.3 Å². The van der Waals surface area contributed by atoms with Crippen LogP contribution in [-0.2, 0) is 16.6 Å². The van der Waals surface area contributed by atoms with Crippen molar-refractivity contribution in [2.24, 2.45) is 5.73 Å². The SMILES string of the molecule is Cl.NCC1(c2ccccc2)CCN(C(=O)CCc2ccc(Cl)s2)CC1. The molecule has 1 aromatic heterocycles. The van der Waals surface area contributed by atoms with Crippen molar-refractivity contribution in [1.82, 2.24) is 4.90 Å². The molecule has 0 saturated carbocycles. The highest BCUT2D eigenvalue weighted by molar-refractivity contribution is 7.16. The van der Waals surface area contributed by atoms with Crippen LogP contribution in [0.25, 0.3) is 0 Å². The van der Waals surface area contributed by atoms with Crippen molar-refractivity contribution in [2.45, 2.75) is 31.1 Å². The van der Waals surface area contributed by atoms with Gasteiger partial charge in [-0.2, -0.15) is 0 Å². The van der Waals surface area contributed by atoms with Crippen molar-refractivity contribution in [3.63, 3.8) is 0 Å². The van der Waals surface area contributed by atoms with Crippen LogP contribution in [0.3, 0.4) is 0 Å². The van der Waals surface area contributed by atoms with E-state index in [0.717, 1.165) is 36.7 Å². The second-order valence-electron chi connectivity index (χ2n) is 6.44. The van der Waals surface area contributed by atoms with Crippen LogP contribution >= 0.6 is 35.3 Å². The number of hydrogen-bond donors (Lipinski definition) is 1. The van der Waals surface area contributed by atoms with Crippen LogP contribution in [0.4, 0.5) is 0 Å². The van der Waals surface area contributed by atoms with Gasteiger partial charge in [-0.05, 0) is 37.0 Å². The molecule has 2 heterocycles. The summed E-state index contributed by atoms with van der Waals surface area (Å²) < 4.78 is 0.783. The first-order valence-electron chi connectivity index (χ1n) is 8.40. The number of amides is 1. The summed E-state index contributed by atoms with van der Waals surface area (Å²) in [5, 5.41) is 0. The molecule has 25 heavy (non-hydrogen) atoms. The van der Waals surface area contributed by atoms with E-state index in [-0.39, 0.29) is 23.7 Å². The van der Waals surface area contributed by atoms with Crippen LogP contribution in [0.15, 0.2) is 42.5 Å². The number of piperidine rings is 1. The van der Waals surface area contributed by atoms with Gasteiger partial charge in [-0.3, -0.25) is 4.79 Å². The average Bonchev–Trinajstić information content (AvgIpc) is 3.06. The second-order valence-corrected chi connectivity index (χ2v) is 8.24. The number of nitrogens with two attached hydrogens (primary N) is 1. The Morgan fingerprint density at radius 2 is 1.84 bits per heavy atom. The minimum Gasteiger partial charge on any atom is -0.343 e. The van der Waals surface area contributed by atoms with Gasteiger partial charge in [0.25, 0.3) is 0 Å². The molecule has 1 aromatic carbocycles. The third kappa shape index (κ3) is 4.76. The molecule has 2 N–H and O–H groups in total. The van der Waals surface area contributed by atoms with Gasteiger partial charge < -0.3 is 10.6 Å². The van der Waals surface area contributed by atoms with Crippen molar-refractivity contribution in [3.8, 4) is 0 Å². The summed E-state index contributed by atoms with van der Waals surface area (Å²) in [6.07, 6.45) is 3.19. The monoisotopic (exact) mass is 398 g/mol. The number of rotatable bonds is 5. The largest absolute Gasteiger partial charge is 0.343 e. The van der Waals surface area contributed by atoms with E-state index >= 15 is 0 Å². The number of aryl methyl sites for hydroxylation is 1. The molecule has 1 aliphatic rings. The summed E-state index contributed by atoms with van der Waals surface area (Å²) in [5.41, 5.74) is 7.43. The minimum atomic E-state index is 0. The zero-order valence-corrected chi connectivity index (χ0v) is 16.5. The fourth-order valence-electron chi connectivity index (χ4n) is 3.46. The van der Waals surface area contributed by atoms with Crippen LogP contribution in [0, 0.1) is 0 Å². The molecule has 2 aromatic rings. The van der Waals surface area contributed by atoms with Crippen molar-refractivity contribution in [3.05, 3.63) is 57.2 Å². The molecule has 0 atom stereocenters. The van der Waals surface area contributed by atoms with E-state index in [1.807, 2.05) is 23.1 Å². The molecule has 3 nitrogen and oxygen atoms in total. The van der Waals surface area contributed by atoms with Crippen LogP contribution in [0.5, 0.6) is 0 Å². The molecule has 6 heteroatoms. The number of likely N-dealkylation sites (tertiary alicyclic amines) is 1. The Balaban J connectivity index is 0.00000225. The highest BCUT2D eigenvalue weighted by Crippen LogP contribution is 2.34. The fraction of sp³-hybridized carbons (Fsp3) is 0.421. The van der Waals surface area contributed by atoms with Crippen molar-refractivity contribution in [1.29, 1.82) is 0 Å². The minimum absolute atomic E-state index is 0. The Bertz CT molecular complexity index is 682. The van der Waals surface area contributed by atoms with Gasteiger partial charge in [0.1, 0.15) is 0 Å². The molecule has 1 saturated heterocycles. The number of carbonyl (C=O) groups excluding carboxylic acids is 1. The highest BCUT2D eigenvalue weighted by atomic mass is 35.5. The van der Waals surface area contributed by atoms with Crippen molar-refractivity contribution >= 4 is 41.3 Å². The first-order valence-corrected chi connectivity index (χ1v) is 9.60. The smallest absolute Gasteiger partial charge is 0.222 e. The van der Waals surface area contributed by atoms with Gasteiger partial charge >= 0.3 is 0 Å². The molecule has 136 valence electrons. The van der Waals surface area contributed by atoms with E-state index in [0.29, 0.717) is 13.0 Å². The number of thiophene rings is 1. The normalized spacial score (nSPS) is 16.3. The van der Waals surface area contributed by atoms with Gasteiger partial charge in [0.15, 0.2) is 0 Å². The second kappa shape index (κ2) is 9.04. The van der Waals surface area contributed by atoms with E-state index in [1.165, 1.54) is 10.4 Å². The predicted octanol–water partition coefficient (Wildman–Crippen LogP) is 4.28. The predicted molar refractivity (Wildman–Crippen MR) is 108 cm³/mol. The third-order valence-corrected chi connectivity index (χ3v) is 6.36. The first-order chi connectivity index (χ1) is 11.6. The quantitative estimate of drug-likeness (QED) is 0.816. The lowest BCUT2D eigenvalue weighted by atomic mass is 9.73. The Labute approximate surface area is 164 Å². The summed E-state index contributed by atoms with van der Waals surface area (Å²) in [5.74, 6) is 0.234. The maximum Gasteiger partial charge on any atom is 0.222 e. The molecule has 0 aliphatic carbocycles. The lowest BCUT2D eigenvalue weighted by Gasteiger charge is -2.41. The molecule has 1 aliphatic heterocycles. The lowest BCUT2D eigenvalue weighted by Crippen LogP contribution is -2.48. The van der Waals surface area contributed by atoms with Gasteiger partial charge in [0.05, 0.1) is 4.34 Å². The zero-order valence-electron chi connectivity index (χ0n) is 14.1. The number of hydrogen-bond acceptors (Lipinski definition) is 3. The van der Waals surface area contributed by atoms with Crippen molar-refractivity contribution < 1.29 is 4.79 Å². The van der Waals surface area contributed by atoms with E-state index < -0.39 is 0 Å². The van der Waals surface area contributed by atoms with Crippen LogP contribution in [-0.4, -0.2) is 30.4 Å². The number of halogens is 2. The Kier molecular flexibility index (Phi) is 7.32. The average molecular weight is 399 g/mol.